The molecule has 0 aliphatic carbocycles. The van der Waals surface area contributed by atoms with E-state index in [1.165, 1.54) is 0 Å². The van der Waals surface area contributed by atoms with Gasteiger partial charge in [0, 0.05) is 25.7 Å². The minimum atomic E-state index is 0.00623. The molecule has 0 radical (unpaired) electrons. The number of rotatable bonds is 10. The number of nitrogens with zero attached hydrogens (tertiary/aromatic N) is 5. The molecule has 0 bridgehead atoms. The van der Waals surface area contributed by atoms with Crippen LogP contribution in [0.3, 0.4) is 0 Å². The van der Waals surface area contributed by atoms with E-state index >= 15 is 0 Å². The normalized spacial score (nSPS) is 11.2. The monoisotopic (exact) mass is 446 g/mol. The minimum absolute atomic E-state index is 0.00623. The quantitative estimate of drug-likeness (QED) is 0.380. The Morgan fingerprint density at radius 2 is 1.79 bits per heavy atom. The summed E-state index contributed by atoms with van der Waals surface area (Å²) < 4.78 is 7.29. The predicted octanol–water partition coefficient (Wildman–Crippen LogP) is 4.03. The van der Waals surface area contributed by atoms with Gasteiger partial charge in [0.15, 0.2) is 17.0 Å². The van der Waals surface area contributed by atoms with E-state index in [0.29, 0.717) is 31.4 Å². The molecule has 0 saturated heterocycles. The fourth-order valence-corrected chi connectivity index (χ4v) is 3.65. The molecule has 0 spiro atoms. The Morgan fingerprint density at radius 3 is 2.45 bits per heavy atom. The molecule has 2 aromatic carbocycles. The van der Waals surface area contributed by atoms with Crippen molar-refractivity contribution in [1.82, 2.24) is 19.5 Å². The van der Waals surface area contributed by atoms with E-state index < -0.39 is 0 Å². The molecule has 2 heterocycles. The lowest BCUT2D eigenvalue weighted by Gasteiger charge is -2.23. The summed E-state index contributed by atoms with van der Waals surface area (Å²) in [5.74, 6) is 2.04. The van der Waals surface area contributed by atoms with Gasteiger partial charge in [-0.25, -0.2) is 4.98 Å². The van der Waals surface area contributed by atoms with E-state index in [-0.39, 0.29) is 12.6 Å². The Labute approximate surface area is 193 Å². The van der Waals surface area contributed by atoms with Crippen molar-refractivity contribution in [3.05, 3.63) is 72.1 Å². The summed E-state index contributed by atoms with van der Waals surface area (Å²) in [6, 6.07) is 18.2. The first-order valence-electron chi connectivity index (χ1n) is 11.1. The third-order valence-corrected chi connectivity index (χ3v) is 5.45. The first-order valence-corrected chi connectivity index (χ1v) is 11.1. The molecule has 0 unspecified atom stereocenters. The highest BCUT2D eigenvalue weighted by Crippen LogP contribution is 2.26. The second kappa shape index (κ2) is 10.3. The van der Waals surface area contributed by atoms with E-state index in [2.05, 4.69) is 36.3 Å². The molecule has 0 aliphatic heterocycles. The number of imidazole rings is 1. The fraction of sp³-hybridized carbons (Fsp3) is 0.320. The van der Waals surface area contributed by atoms with Gasteiger partial charge in [-0.15, -0.1) is 0 Å². The van der Waals surface area contributed by atoms with Crippen molar-refractivity contribution >= 4 is 22.9 Å². The molecule has 33 heavy (non-hydrogen) atoms. The first kappa shape index (κ1) is 22.5. The van der Waals surface area contributed by atoms with Crippen LogP contribution in [0.1, 0.15) is 31.0 Å². The summed E-state index contributed by atoms with van der Waals surface area (Å²) in [6.45, 7) is 5.81. The average molecular weight is 447 g/mol. The summed E-state index contributed by atoms with van der Waals surface area (Å²) in [4.78, 5) is 16.3. The fourth-order valence-electron chi connectivity index (χ4n) is 3.65. The van der Waals surface area contributed by atoms with Crippen LogP contribution in [-0.4, -0.2) is 44.9 Å². The highest BCUT2D eigenvalue weighted by atomic mass is 16.5. The molecule has 0 aliphatic rings. The van der Waals surface area contributed by atoms with Gasteiger partial charge < -0.3 is 24.6 Å². The van der Waals surface area contributed by atoms with Gasteiger partial charge in [0.1, 0.15) is 5.75 Å². The lowest BCUT2D eigenvalue weighted by atomic mass is 10.2. The number of hydrogen-bond acceptors (Lipinski definition) is 7. The van der Waals surface area contributed by atoms with Gasteiger partial charge in [-0.3, -0.25) is 0 Å². The summed E-state index contributed by atoms with van der Waals surface area (Å²) in [5, 5.41) is 13.2. The Balaban J connectivity index is 1.69. The van der Waals surface area contributed by atoms with Crippen molar-refractivity contribution in [1.29, 1.82) is 0 Å². The molecule has 0 atom stereocenters. The van der Waals surface area contributed by atoms with Crippen LogP contribution in [-0.2, 0) is 13.1 Å². The second-order valence-electron chi connectivity index (χ2n) is 8.12. The maximum atomic E-state index is 9.72. The Hall–Kier alpha value is -3.65. The lowest BCUT2D eigenvalue weighted by Crippen LogP contribution is -2.28. The summed E-state index contributed by atoms with van der Waals surface area (Å²) in [6.07, 6.45) is 1.81. The van der Waals surface area contributed by atoms with Gasteiger partial charge >= 0.3 is 0 Å². The number of aromatic nitrogens is 4. The van der Waals surface area contributed by atoms with E-state index in [9.17, 15) is 5.11 Å². The molecule has 0 saturated carbocycles. The van der Waals surface area contributed by atoms with Crippen molar-refractivity contribution in [2.24, 2.45) is 0 Å². The minimum Gasteiger partial charge on any atom is -0.497 e. The number of ether oxygens (including phenoxy) is 1. The van der Waals surface area contributed by atoms with Crippen LogP contribution in [0.15, 0.2) is 60.9 Å². The van der Waals surface area contributed by atoms with Gasteiger partial charge in [0.05, 0.1) is 20.0 Å². The van der Waals surface area contributed by atoms with Gasteiger partial charge in [-0.1, -0.05) is 42.5 Å². The van der Waals surface area contributed by atoms with Gasteiger partial charge in [-0.2, -0.15) is 9.97 Å². The molecule has 2 N–H and O–H groups in total. The maximum absolute atomic E-state index is 9.72. The average Bonchev–Trinajstić information content (AvgIpc) is 3.28. The van der Waals surface area contributed by atoms with Gasteiger partial charge in [-0.05, 0) is 37.1 Å². The van der Waals surface area contributed by atoms with Crippen molar-refractivity contribution in [3.8, 4) is 5.75 Å². The van der Waals surface area contributed by atoms with E-state index in [1.807, 2.05) is 51.9 Å². The van der Waals surface area contributed by atoms with Crippen LogP contribution in [0.4, 0.5) is 11.8 Å². The standard InChI is InChI=1S/C25H30N6O2/c1-18(2)31-17-27-22-23(26-15-19-9-11-21(33-3)12-10-19)28-25(29-24(22)31)30(13-14-32)16-20-7-5-4-6-8-20/h4-12,17-18,32H,13-16H2,1-3H3,(H,26,28,29). The predicted molar refractivity (Wildman–Crippen MR) is 131 cm³/mol. The Bertz CT molecular complexity index is 1170. The Kier molecular flexibility index (Phi) is 7.04. The number of methoxy groups -OCH3 is 1. The number of aliphatic hydroxyl groups excluding tert-OH is 1. The van der Waals surface area contributed by atoms with Crippen molar-refractivity contribution < 1.29 is 9.84 Å². The topological polar surface area (TPSA) is 88.3 Å². The summed E-state index contributed by atoms with van der Waals surface area (Å²) in [5.41, 5.74) is 3.72. The van der Waals surface area contributed by atoms with E-state index in [1.54, 1.807) is 13.4 Å². The highest BCUT2D eigenvalue weighted by molar-refractivity contribution is 5.84. The van der Waals surface area contributed by atoms with Crippen LogP contribution in [0.5, 0.6) is 5.75 Å². The van der Waals surface area contributed by atoms with Gasteiger partial charge in [0.25, 0.3) is 0 Å². The van der Waals surface area contributed by atoms with E-state index in [4.69, 9.17) is 14.7 Å². The molecule has 2 aromatic heterocycles. The number of aliphatic hydroxyl groups is 1. The molecular formula is C25H30N6O2. The SMILES string of the molecule is COc1ccc(CNc2nc(N(CCO)Cc3ccccc3)nc3c2ncn3C(C)C)cc1. The third-order valence-electron chi connectivity index (χ3n) is 5.45. The number of fused-ring (bicyclic) bond motifs is 1. The molecule has 4 aromatic rings. The third kappa shape index (κ3) is 5.23. The molecule has 8 nitrogen and oxygen atoms in total. The maximum Gasteiger partial charge on any atom is 0.229 e. The summed E-state index contributed by atoms with van der Waals surface area (Å²) >= 11 is 0. The highest BCUT2D eigenvalue weighted by Gasteiger charge is 2.18. The largest absolute Gasteiger partial charge is 0.497 e. The van der Waals surface area contributed by atoms with Crippen molar-refractivity contribution in [2.45, 2.75) is 33.0 Å². The molecule has 8 heteroatoms. The summed E-state index contributed by atoms with van der Waals surface area (Å²) in [7, 11) is 1.66. The zero-order chi connectivity index (χ0) is 23.2. The zero-order valence-electron chi connectivity index (χ0n) is 19.3. The van der Waals surface area contributed by atoms with Crippen LogP contribution in [0.2, 0.25) is 0 Å². The number of hydrogen-bond donors (Lipinski definition) is 2. The van der Waals surface area contributed by atoms with Crippen LogP contribution in [0, 0.1) is 0 Å². The molecule has 0 fully saturated rings. The van der Waals surface area contributed by atoms with Crippen LogP contribution >= 0.6 is 0 Å². The zero-order valence-corrected chi connectivity index (χ0v) is 19.3. The number of benzene rings is 2. The van der Waals surface area contributed by atoms with Crippen molar-refractivity contribution in [3.63, 3.8) is 0 Å². The van der Waals surface area contributed by atoms with Gasteiger partial charge in [0.2, 0.25) is 5.95 Å². The molecule has 172 valence electrons. The Morgan fingerprint density at radius 1 is 1.03 bits per heavy atom. The van der Waals surface area contributed by atoms with Crippen LogP contribution in [0.25, 0.3) is 11.2 Å². The number of anilines is 2. The number of nitrogens with one attached hydrogen (secondary N) is 1. The van der Waals surface area contributed by atoms with Crippen LogP contribution < -0.4 is 15.0 Å². The van der Waals surface area contributed by atoms with E-state index in [0.717, 1.165) is 28.0 Å². The lowest BCUT2D eigenvalue weighted by molar-refractivity contribution is 0.301. The molecular weight excluding hydrogens is 416 g/mol. The smallest absolute Gasteiger partial charge is 0.229 e. The van der Waals surface area contributed by atoms with Crippen molar-refractivity contribution in [2.75, 3.05) is 30.5 Å². The second-order valence-corrected chi connectivity index (χ2v) is 8.12. The molecule has 0 amide bonds. The molecule has 4 rings (SSSR count). The first-order chi connectivity index (χ1) is 16.1.